The van der Waals surface area contributed by atoms with Gasteiger partial charge in [0, 0.05) is 11.1 Å². The Morgan fingerprint density at radius 2 is 1.82 bits per heavy atom. The van der Waals surface area contributed by atoms with Gasteiger partial charge in [-0.15, -0.1) is 0 Å². The van der Waals surface area contributed by atoms with E-state index in [1.807, 2.05) is 39.0 Å². The van der Waals surface area contributed by atoms with Crippen molar-refractivity contribution in [1.82, 2.24) is 0 Å². The highest BCUT2D eigenvalue weighted by Crippen LogP contribution is 2.34. The molecular formula is C14H15NO2. The van der Waals surface area contributed by atoms with Gasteiger partial charge >= 0.3 is 0 Å². The predicted octanol–water partition coefficient (Wildman–Crippen LogP) is 3.04. The van der Waals surface area contributed by atoms with Crippen LogP contribution < -0.4 is 5.32 Å². The Labute approximate surface area is 100 Å². The Bertz CT molecular complexity index is 603. The van der Waals surface area contributed by atoms with Crippen LogP contribution in [0, 0.1) is 20.8 Å². The van der Waals surface area contributed by atoms with Crippen LogP contribution in [-0.2, 0) is 4.79 Å². The summed E-state index contributed by atoms with van der Waals surface area (Å²) in [7, 11) is 0. The van der Waals surface area contributed by atoms with Gasteiger partial charge in [-0.1, -0.05) is 6.07 Å². The van der Waals surface area contributed by atoms with Crippen LogP contribution in [-0.4, -0.2) is 11.5 Å². The molecule has 0 saturated carbocycles. The number of carbonyl (C=O) groups is 1. The standard InChI is InChI=1S/C14H15NO2/c1-8-4-11-6-13(15-7-16)9(2)5-12(11)14(17)10(8)3/h4-7,17H,1-3H3,(H,15,16). The normalized spacial score (nSPS) is 10.5. The molecule has 3 nitrogen and oxygen atoms in total. The van der Waals surface area contributed by atoms with E-state index in [1.54, 1.807) is 0 Å². The van der Waals surface area contributed by atoms with Crippen molar-refractivity contribution < 1.29 is 9.90 Å². The monoisotopic (exact) mass is 229 g/mol. The predicted molar refractivity (Wildman–Crippen MR) is 69.5 cm³/mol. The third-order valence-electron chi connectivity index (χ3n) is 3.18. The molecular weight excluding hydrogens is 214 g/mol. The summed E-state index contributed by atoms with van der Waals surface area (Å²) in [6.07, 6.45) is 0.662. The minimum absolute atomic E-state index is 0.320. The number of rotatable bonds is 2. The number of carbonyl (C=O) groups excluding carboxylic acids is 1. The topological polar surface area (TPSA) is 49.3 Å². The van der Waals surface area contributed by atoms with Crippen molar-refractivity contribution in [2.75, 3.05) is 5.32 Å². The largest absolute Gasteiger partial charge is 0.507 e. The van der Waals surface area contributed by atoms with E-state index in [2.05, 4.69) is 5.32 Å². The summed E-state index contributed by atoms with van der Waals surface area (Å²) in [5.74, 6) is 0.320. The molecule has 17 heavy (non-hydrogen) atoms. The van der Waals surface area contributed by atoms with Crippen molar-refractivity contribution in [2.24, 2.45) is 0 Å². The van der Waals surface area contributed by atoms with E-state index in [9.17, 15) is 9.90 Å². The van der Waals surface area contributed by atoms with Gasteiger partial charge in [0.15, 0.2) is 0 Å². The highest BCUT2D eigenvalue weighted by Gasteiger charge is 2.09. The molecule has 1 amide bonds. The molecule has 3 heteroatoms. The van der Waals surface area contributed by atoms with Gasteiger partial charge in [0.1, 0.15) is 5.75 Å². The Hall–Kier alpha value is -2.03. The molecule has 0 aliphatic carbocycles. The summed E-state index contributed by atoms with van der Waals surface area (Å²) in [6, 6.07) is 5.79. The maximum atomic E-state index is 10.5. The van der Waals surface area contributed by atoms with Crippen LogP contribution in [0.2, 0.25) is 0 Å². The van der Waals surface area contributed by atoms with Crippen LogP contribution in [0.5, 0.6) is 5.75 Å². The number of fused-ring (bicyclic) bond motifs is 1. The third kappa shape index (κ3) is 1.84. The van der Waals surface area contributed by atoms with Crippen molar-refractivity contribution in [3.05, 3.63) is 34.9 Å². The molecule has 0 unspecified atom stereocenters. The van der Waals surface area contributed by atoms with Gasteiger partial charge in [0.25, 0.3) is 0 Å². The molecule has 88 valence electrons. The zero-order chi connectivity index (χ0) is 12.6. The molecule has 0 bridgehead atoms. The van der Waals surface area contributed by atoms with E-state index in [4.69, 9.17) is 0 Å². The Balaban J connectivity index is 2.78. The molecule has 2 rings (SSSR count). The first-order chi connectivity index (χ1) is 8.04. The first-order valence-electron chi connectivity index (χ1n) is 5.48. The molecule has 2 aromatic rings. The van der Waals surface area contributed by atoms with Crippen LogP contribution >= 0.6 is 0 Å². The van der Waals surface area contributed by atoms with Crippen LogP contribution in [0.3, 0.4) is 0 Å². The number of benzene rings is 2. The molecule has 0 aromatic heterocycles. The second-order valence-electron chi connectivity index (χ2n) is 4.32. The molecule has 0 spiro atoms. The molecule has 0 aliphatic heterocycles. The van der Waals surface area contributed by atoms with Crippen molar-refractivity contribution in [3.8, 4) is 5.75 Å². The highest BCUT2D eigenvalue weighted by molar-refractivity contribution is 5.94. The van der Waals surface area contributed by atoms with Gasteiger partial charge in [-0.2, -0.15) is 0 Å². The van der Waals surface area contributed by atoms with Crippen molar-refractivity contribution >= 4 is 22.9 Å². The zero-order valence-corrected chi connectivity index (χ0v) is 10.2. The van der Waals surface area contributed by atoms with E-state index in [1.165, 1.54) is 0 Å². The van der Waals surface area contributed by atoms with Crippen molar-refractivity contribution in [1.29, 1.82) is 0 Å². The molecule has 2 aromatic carbocycles. The van der Waals surface area contributed by atoms with Gasteiger partial charge < -0.3 is 10.4 Å². The van der Waals surface area contributed by atoms with Crippen molar-refractivity contribution in [3.63, 3.8) is 0 Å². The van der Waals surface area contributed by atoms with Gasteiger partial charge in [0.2, 0.25) is 6.41 Å². The maximum absolute atomic E-state index is 10.5. The van der Waals surface area contributed by atoms with E-state index in [-0.39, 0.29) is 0 Å². The van der Waals surface area contributed by atoms with Crippen LogP contribution in [0.4, 0.5) is 5.69 Å². The molecule has 0 aliphatic rings. The molecule has 0 radical (unpaired) electrons. The number of anilines is 1. The first kappa shape index (κ1) is 11.5. The van der Waals surface area contributed by atoms with E-state index in [0.717, 1.165) is 33.2 Å². The average Bonchev–Trinajstić information content (AvgIpc) is 2.29. The SMILES string of the molecule is Cc1cc2c(O)c(C)c(C)cc2cc1NC=O. The lowest BCUT2D eigenvalue weighted by Gasteiger charge is -2.11. The molecule has 0 saturated heterocycles. The van der Waals surface area contributed by atoms with Crippen LogP contribution in [0.1, 0.15) is 16.7 Å². The van der Waals surface area contributed by atoms with Gasteiger partial charge in [-0.25, -0.2) is 0 Å². The Morgan fingerprint density at radius 3 is 2.47 bits per heavy atom. The fraction of sp³-hybridized carbons (Fsp3) is 0.214. The number of amides is 1. The third-order valence-corrected chi connectivity index (χ3v) is 3.18. The lowest BCUT2D eigenvalue weighted by Crippen LogP contribution is -1.96. The lowest BCUT2D eigenvalue weighted by molar-refractivity contribution is -0.105. The summed E-state index contributed by atoms with van der Waals surface area (Å²) in [4.78, 5) is 10.5. The summed E-state index contributed by atoms with van der Waals surface area (Å²) in [5, 5.41) is 14.5. The van der Waals surface area contributed by atoms with Gasteiger partial charge in [-0.05, 0) is 55.0 Å². The number of aromatic hydroxyl groups is 1. The number of phenols is 1. The van der Waals surface area contributed by atoms with Crippen molar-refractivity contribution in [2.45, 2.75) is 20.8 Å². The Kier molecular flexibility index (Phi) is 2.76. The summed E-state index contributed by atoms with van der Waals surface area (Å²) < 4.78 is 0. The van der Waals surface area contributed by atoms with Gasteiger partial charge in [-0.3, -0.25) is 4.79 Å². The molecule has 2 N–H and O–H groups in total. The van der Waals surface area contributed by atoms with E-state index in [0.29, 0.717) is 12.2 Å². The van der Waals surface area contributed by atoms with Crippen LogP contribution in [0.25, 0.3) is 10.8 Å². The van der Waals surface area contributed by atoms with Gasteiger partial charge in [0.05, 0.1) is 0 Å². The number of nitrogens with one attached hydrogen (secondary N) is 1. The quantitative estimate of drug-likeness (QED) is 0.777. The second kappa shape index (κ2) is 4.09. The maximum Gasteiger partial charge on any atom is 0.211 e. The van der Waals surface area contributed by atoms with E-state index >= 15 is 0 Å². The smallest absolute Gasteiger partial charge is 0.211 e. The molecule has 0 atom stereocenters. The number of hydrogen-bond acceptors (Lipinski definition) is 2. The second-order valence-corrected chi connectivity index (χ2v) is 4.32. The molecule has 0 fully saturated rings. The number of hydrogen-bond donors (Lipinski definition) is 2. The fourth-order valence-corrected chi connectivity index (χ4v) is 2.00. The average molecular weight is 229 g/mol. The Morgan fingerprint density at radius 1 is 1.12 bits per heavy atom. The number of phenolic OH excluding ortho intramolecular Hbond substituents is 1. The minimum atomic E-state index is 0.320. The zero-order valence-electron chi connectivity index (χ0n) is 10.2. The molecule has 0 heterocycles. The fourth-order valence-electron chi connectivity index (χ4n) is 2.00. The minimum Gasteiger partial charge on any atom is -0.507 e. The number of aryl methyl sites for hydroxylation is 2. The highest BCUT2D eigenvalue weighted by atomic mass is 16.3. The summed E-state index contributed by atoms with van der Waals surface area (Å²) >= 11 is 0. The first-order valence-corrected chi connectivity index (χ1v) is 5.48. The summed E-state index contributed by atoms with van der Waals surface area (Å²) in [6.45, 7) is 5.76. The van der Waals surface area contributed by atoms with E-state index < -0.39 is 0 Å². The summed E-state index contributed by atoms with van der Waals surface area (Å²) in [5.41, 5.74) is 3.64. The van der Waals surface area contributed by atoms with Crippen LogP contribution in [0.15, 0.2) is 18.2 Å². The lowest BCUT2D eigenvalue weighted by atomic mass is 9.99.